The van der Waals surface area contributed by atoms with Crippen LogP contribution in [0.15, 0.2) is 24.7 Å². The Kier molecular flexibility index (Phi) is 2.24. The van der Waals surface area contributed by atoms with Crippen molar-refractivity contribution in [2.24, 2.45) is 5.73 Å². The van der Waals surface area contributed by atoms with Gasteiger partial charge in [0, 0.05) is 18.6 Å². The van der Waals surface area contributed by atoms with Gasteiger partial charge in [-0.25, -0.2) is 15.0 Å². The Balaban J connectivity index is 2.49. The minimum Gasteiger partial charge on any atom is -0.324 e. The smallest absolute Gasteiger partial charge is 0.141 e. The van der Waals surface area contributed by atoms with Gasteiger partial charge in [0.25, 0.3) is 0 Å². The molecule has 2 N–H and O–H groups in total. The van der Waals surface area contributed by atoms with Gasteiger partial charge < -0.3 is 5.73 Å². The van der Waals surface area contributed by atoms with Crippen LogP contribution in [-0.4, -0.2) is 19.5 Å². The zero-order chi connectivity index (χ0) is 9.97. The molecule has 0 bridgehead atoms. The summed E-state index contributed by atoms with van der Waals surface area (Å²) in [6.45, 7) is 2.25. The average molecular weight is 189 g/mol. The third-order valence-electron chi connectivity index (χ3n) is 1.91. The van der Waals surface area contributed by atoms with E-state index in [-0.39, 0.29) is 0 Å². The molecule has 0 unspecified atom stereocenters. The third kappa shape index (κ3) is 1.49. The van der Waals surface area contributed by atoms with Gasteiger partial charge in [-0.3, -0.25) is 4.57 Å². The van der Waals surface area contributed by atoms with E-state index in [1.54, 1.807) is 12.4 Å². The predicted octanol–water partition coefficient (Wildman–Crippen LogP) is 0.429. The molecule has 0 amide bonds. The normalized spacial score (nSPS) is 10.4. The van der Waals surface area contributed by atoms with Crippen molar-refractivity contribution in [3.05, 3.63) is 36.3 Å². The number of nitrogens with zero attached hydrogens (tertiary/aromatic N) is 4. The van der Waals surface area contributed by atoms with Crippen molar-refractivity contribution in [3.63, 3.8) is 0 Å². The van der Waals surface area contributed by atoms with Crippen LogP contribution >= 0.6 is 0 Å². The van der Waals surface area contributed by atoms with Crippen molar-refractivity contribution < 1.29 is 0 Å². The van der Waals surface area contributed by atoms with E-state index < -0.39 is 0 Å². The van der Waals surface area contributed by atoms with Crippen LogP contribution in [0.3, 0.4) is 0 Å². The Morgan fingerprint density at radius 3 is 2.93 bits per heavy atom. The van der Waals surface area contributed by atoms with Gasteiger partial charge in [-0.1, -0.05) is 0 Å². The Labute approximate surface area is 81.6 Å². The van der Waals surface area contributed by atoms with Crippen molar-refractivity contribution >= 4 is 0 Å². The van der Waals surface area contributed by atoms with Gasteiger partial charge in [0.2, 0.25) is 0 Å². The van der Waals surface area contributed by atoms with Gasteiger partial charge >= 0.3 is 0 Å². The lowest BCUT2D eigenvalue weighted by atomic mass is 10.5. The fourth-order valence-electron chi connectivity index (χ4n) is 1.27. The number of hydrogen-bond donors (Lipinski definition) is 1. The van der Waals surface area contributed by atoms with Crippen LogP contribution in [0.25, 0.3) is 5.82 Å². The van der Waals surface area contributed by atoms with E-state index in [4.69, 9.17) is 5.73 Å². The number of aryl methyl sites for hydroxylation is 1. The maximum absolute atomic E-state index is 5.54. The van der Waals surface area contributed by atoms with Gasteiger partial charge in [0.1, 0.15) is 17.5 Å². The van der Waals surface area contributed by atoms with Crippen molar-refractivity contribution in [3.8, 4) is 5.82 Å². The predicted molar refractivity (Wildman–Crippen MR) is 51.8 cm³/mol. The van der Waals surface area contributed by atoms with E-state index in [9.17, 15) is 0 Å². The third-order valence-corrected chi connectivity index (χ3v) is 1.91. The van der Waals surface area contributed by atoms with Crippen molar-refractivity contribution in [2.75, 3.05) is 0 Å². The first kappa shape index (κ1) is 8.83. The standard InChI is InChI=1S/C9H11N5/c1-7-11-3-2-8(13-7)14-5-4-12-9(14)6-10/h2-5H,6,10H2,1H3. The minimum atomic E-state index is 0.399. The van der Waals surface area contributed by atoms with Crippen LogP contribution < -0.4 is 5.73 Å². The van der Waals surface area contributed by atoms with Gasteiger partial charge in [0.05, 0.1) is 6.54 Å². The number of hydrogen-bond acceptors (Lipinski definition) is 4. The molecule has 2 aromatic heterocycles. The highest BCUT2D eigenvalue weighted by atomic mass is 15.1. The average Bonchev–Trinajstić information content (AvgIpc) is 2.65. The highest BCUT2D eigenvalue weighted by Gasteiger charge is 2.03. The van der Waals surface area contributed by atoms with Crippen LogP contribution in [0.5, 0.6) is 0 Å². The second-order valence-electron chi connectivity index (χ2n) is 2.88. The number of rotatable bonds is 2. The first-order valence-corrected chi connectivity index (χ1v) is 4.33. The lowest BCUT2D eigenvalue weighted by molar-refractivity contribution is 0.835. The summed E-state index contributed by atoms with van der Waals surface area (Å²) in [6, 6.07) is 1.83. The summed E-state index contributed by atoms with van der Waals surface area (Å²) in [5.74, 6) is 2.33. The topological polar surface area (TPSA) is 69.6 Å². The molecular weight excluding hydrogens is 178 g/mol. The minimum absolute atomic E-state index is 0.399. The summed E-state index contributed by atoms with van der Waals surface area (Å²) in [5.41, 5.74) is 5.54. The molecule has 0 atom stereocenters. The number of nitrogens with two attached hydrogens (primary N) is 1. The number of aromatic nitrogens is 4. The van der Waals surface area contributed by atoms with Crippen LogP contribution in [0.4, 0.5) is 0 Å². The largest absolute Gasteiger partial charge is 0.324 e. The van der Waals surface area contributed by atoms with E-state index in [0.29, 0.717) is 6.54 Å². The summed E-state index contributed by atoms with van der Waals surface area (Å²) in [6.07, 6.45) is 5.27. The molecule has 0 fully saturated rings. The first-order valence-electron chi connectivity index (χ1n) is 4.33. The van der Waals surface area contributed by atoms with Gasteiger partial charge in [-0.05, 0) is 13.0 Å². The van der Waals surface area contributed by atoms with Crippen LogP contribution in [0.1, 0.15) is 11.6 Å². The maximum atomic E-state index is 5.54. The molecule has 0 aliphatic rings. The van der Waals surface area contributed by atoms with Gasteiger partial charge in [-0.2, -0.15) is 0 Å². The molecule has 72 valence electrons. The Morgan fingerprint density at radius 1 is 1.36 bits per heavy atom. The van der Waals surface area contributed by atoms with Crippen LogP contribution in [-0.2, 0) is 6.54 Å². The fraction of sp³-hybridized carbons (Fsp3) is 0.222. The molecule has 2 heterocycles. The molecular formula is C9H11N5. The van der Waals surface area contributed by atoms with E-state index in [0.717, 1.165) is 17.5 Å². The second kappa shape index (κ2) is 3.55. The molecule has 0 saturated heterocycles. The quantitative estimate of drug-likeness (QED) is 0.743. The van der Waals surface area contributed by atoms with Crippen molar-refractivity contribution in [1.82, 2.24) is 19.5 Å². The summed E-state index contributed by atoms with van der Waals surface area (Å²) >= 11 is 0. The summed E-state index contributed by atoms with van der Waals surface area (Å²) in [7, 11) is 0. The zero-order valence-electron chi connectivity index (χ0n) is 7.88. The first-order chi connectivity index (χ1) is 6.81. The Hall–Kier alpha value is -1.75. The molecule has 0 radical (unpaired) electrons. The lowest BCUT2D eigenvalue weighted by Gasteiger charge is -2.04. The van der Waals surface area contributed by atoms with Gasteiger partial charge in [-0.15, -0.1) is 0 Å². The molecule has 5 heteroatoms. The zero-order valence-corrected chi connectivity index (χ0v) is 7.88. The highest BCUT2D eigenvalue weighted by molar-refractivity contribution is 5.23. The van der Waals surface area contributed by atoms with E-state index in [1.807, 2.05) is 23.8 Å². The summed E-state index contributed by atoms with van der Waals surface area (Å²) in [4.78, 5) is 12.4. The number of imidazole rings is 1. The van der Waals surface area contributed by atoms with E-state index >= 15 is 0 Å². The molecule has 14 heavy (non-hydrogen) atoms. The van der Waals surface area contributed by atoms with E-state index in [1.165, 1.54) is 0 Å². The highest BCUT2D eigenvalue weighted by Crippen LogP contribution is 2.06. The Bertz CT molecular complexity index is 434. The van der Waals surface area contributed by atoms with Crippen LogP contribution in [0, 0.1) is 6.92 Å². The SMILES string of the molecule is Cc1nccc(-n2ccnc2CN)n1. The Morgan fingerprint density at radius 2 is 2.21 bits per heavy atom. The molecule has 5 nitrogen and oxygen atoms in total. The maximum Gasteiger partial charge on any atom is 0.141 e. The molecule has 0 aromatic carbocycles. The lowest BCUT2D eigenvalue weighted by Crippen LogP contribution is -2.08. The molecule has 0 aliphatic heterocycles. The molecule has 0 spiro atoms. The second-order valence-corrected chi connectivity index (χ2v) is 2.88. The summed E-state index contributed by atoms with van der Waals surface area (Å²) in [5, 5.41) is 0. The van der Waals surface area contributed by atoms with E-state index in [2.05, 4.69) is 15.0 Å². The van der Waals surface area contributed by atoms with Gasteiger partial charge in [0.15, 0.2) is 0 Å². The molecule has 2 aromatic rings. The monoisotopic (exact) mass is 189 g/mol. The summed E-state index contributed by atoms with van der Waals surface area (Å²) < 4.78 is 1.86. The molecule has 0 saturated carbocycles. The van der Waals surface area contributed by atoms with Crippen LogP contribution in [0.2, 0.25) is 0 Å². The molecule has 2 rings (SSSR count). The fourth-order valence-corrected chi connectivity index (χ4v) is 1.27. The molecule has 0 aliphatic carbocycles. The van der Waals surface area contributed by atoms with Crippen molar-refractivity contribution in [1.29, 1.82) is 0 Å². The van der Waals surface area contributed by atoms with Crippen molar-refractivity contribution in [2.45, 2.75) is 13.5 Å².